The molecule has 2 heterocycles. The highest BCUT2D eigenvalue weighted by molar-refractivity contribution is 5.92. The minimum atomic E-state index is -1.50. The second-order valence-corrected chi connectivity index (χ2v) is 7.23. The number of hydrogen-bond acceptors (Lipinski definition) is 4. The van der Waals surface area contributed by atoms with Crippen LogP contribution < -0.4 is 10.9 Å². The fraction of sp³-hybridized carbons (Fsp3) is 0.333. The Kier molecular flexibility index (Phi) is 5.74. The van der Waals surface area contributed by atoms with Crippen LogP contribution in [0.2, 0.25) is 0 Å². The monoisotopic (exact) mass is 401 g/mol. The number of pyridine rings is 1. The molecule has 2 aromatic heterocycles. The van der Waals surface area contributed by atoms with E-state index in [1.54, 1.807) is 25.1 Å². The molecule has 0 saturated heterocycles. The number of aromatic hydroxyl groups is 1. The molecule has 0 unspecified atom stereocenters. The third-order valence-corrected chi connectivity index (χ3v) is 4.88. The second-order valence-electron chi connectivity index (χ2n) is 7.23. The van der Waals surface area contributed by atoms with Crippen molar-refractivity contribution in [2.45, 2.75) is 39.7 Å². The Hall–Kier alpha value is -3.13. The maximum Gasteiger partial charge on any atom is 0.345 e. The van der Waals surface area contributed by atoms with Gasteiger partial charge in [0.25, 0.3) is 5.56 Å². The number of carbonyl (C=O) groups is 1. The van der Waals surface area contributed by atoms with Crippen LogP contribution in [0.3, 0.4) is 0 Å². The lowest BCUT2D eigenvalue weighted by Gasteiger charge is -2.12. The van der Waals surface area contributed by atoms with Gasteiger partial charge in [0.05, 0.1) is 11.4 Å². The maximum absolute atomic E-state index is 14.9. The molecule has 0 saturated carbocycles. The Balaban J connectivity index is 2.08. The zero-order valence-electron chi connectivity index (χ0n) is 16.5. The van der Waals surface area contributed by atoms with Crippen molar-refractivity contribution in [3.63, 3.8) is 0 Å². The molecule has 0 aliphatic rings. The zero-order chi connectivity index (χ0) is 21.3. The van der Waals surface area contributed by atoms with Gasteiger partial charge in [-0.15, -0.1) is 0 Å². The molecular weight excluding hydrogens is 377 g/mol. The Morgan fingerprint density at radius 3 is 2.62 bits per heavy atom. The van der Waals surface area contributed by atoms with Crippen molar-refractivity contribution in [1.82, 2.24) is 15.3 Å². The van der Waals surface area contributed by atoms with Crippen molar-refractivity contribution in [1.29, 1.82) is 0 Å². The van der Waals surface area contributed by atoms with Crippen molar-refractivity contribution >= 4 is 16.9 Å². The van der Waals surface area contributed by atoms with Crippen LogP contribution in [0, 0.1) is 5.82 Å². The van der Waals surface area contributed by atoms with E-state index in [2.05, 4.69) is 15.3 Å². The van der Waals surface area contributed by atoms with Gasteiger partial charge in [-0.05, 0) is 24.1 Å². The van der Waals surface area contributed by atoms with Gasteiger partial charge in [-0.3, -0.25) is 4.79 Å². The molecule has 0 fully saturated rings. The van der Waals surface area contributed by atoms with Crippen molar-refractivity contribution in [2.24, 2.45) is 0 Å². The number of halogens is 1. The predicted octanol–water partition coefficient (Wildman–Crippen LogP) is 3.17. The van der Waals surface area contributed by atoms with Crippen molar-refractivity contribution in [2.75, 3.05) is 6.54 Å². The molecule has 0 atom stereocenters. The molecular formula is C21H24FN3O4. The molecule has 5 N–H and O–H groups in total. The molecule has 0 radical (unpaired) electrons. The topological polar surface area (TPSA) is 118 Å². The van der Waals surface area contributed by atoms with Gasteiger partial charge in [0.2, 0.25) is 0 Å². The Morgan fingerprint density at radius 2 is 2.00 bits per heavy atom. The van der Waals surface area contributed by atoms with Crippen molar-refractivity contribution in [3.05, 3.63) is 51.2 Å². The third-order valence-electron chi connectivity index (χ3n) is 4.88. The molecule has 0 aliphatic carbocycles. The number of aromatic amines is 2. The van der Waals surface area contributed by atoms with Crippen LogP contribution in [0.5, 0.6) is 5.75 Å². The molecule has 29 heavy (non-hydrogen) atoms. The number of carboxylic acids is 1. The number of benzene rings is 1. The summed E-state index contributed by atoms with van der Waals surface area (Å²) in [5.41, 5.74) is 0.570. The smallest absolute Gasteiger partial charge is 0.345 e. The summed E-state index contributed by atoms with van der Waals surface area (Å²) < 4.78 is 14.9. The Bertz CT molecular complexity index is 1130. The number of aromatic carboxylic acids is 1. The first-order chi connectivity index (χ1) is 13.7. The summed E-state index contributed by atoms with van der Waals surface area (Å²) in [6.07, 6.45) is 0.789. The highest BCUT2D eigenvalue weighted by atomic mass is 19.1. The highest BCUT2D eigenvalue weighted by Crippen LogP contribution is 2.32. The molecule has 3 aromatic rings. The Labute approximate surface area is 166 Å². The van der Waals surface area contributed by atoms with E-state index in [0.717, 1.165) is 0 Å². The fourth-order valence-electron chi connectivity index (χ4n) is 3.45. The standard InChI is InChI=1S/C21H24FN3O4/c1-4-12-18(25-20(27)16(19(12)26)21(28)29)11-5-6-14-13(9-11)17(22)15(24-14)7-8-23-10(2)3/h5-6,9-10,23-24H,4,7-8H2,1-3H3,(H,28,29)(H2,25,26,27). The highest BCUT2D eigenvalue weighted by Gasteiger charge is 2.22. The molecule has 7 nitrogen and oxygen atoms in total. The average Bonchev–Trinajstić information content (AvgIpc) is 2.96. The summed E-state index contributed by atoms with van der Waals surface area (Å²) in [6.45, 7) is 6.40. The quantitative estimate of drug-likeness (QED) is 0.417. The van der Waals surface area contributed by atoms with Gasteiger partial charge in [-0.25, -0.2) is 9.18 Å². The summed E-state index contributed by atoms with van der Waals surface area (Å²) in [4.78, 5) is 29.0. The van der Waals surface area contributed by atoms with Gasteiger partial charge in [0.1, 0.15) is 5.75 Å². The Morgan fingerprint density at radius 1 is 1.28 bits per heavy atom. The minimum Gasteiger partial charge on any atom is -0.506 e. The second kappa shape index (κ2) is 8.08. The van der Waals surface area contributed by atoms with Gasteiger partial charge in [0.15, 0.2) is 11.4 Å². The first-order valence-corrected chi connectivity index (χ1v) is 9.49. The third kappa shape index (κ3) is 3.88. The molecule has 0 amide bonds. The van der Waals surface area contributed by atoms with E-state index >= 15 is 0 Å². The lowest BCUT2D eigenvalue weighted by molar-refractivity contribution is 0.0691. The van der Waals surface area contributed by atoms with Crippen LogP contribution in [-0.4, -0.2) is 38.7 Å². The lowest BCUT2D eigenvalue weighted by atomic mass is 9.99. The van der Waals surface area contributed by atoms with E-state index in [1.165, 1.54) is 0 Å². The molecule has 0 bridgehead atoms. The van der Waals surface area contributed by atoms with Crippen molar-refractivity contribution < 1.29 is 19.4 Å². The molecule has 0 aliphatic heterocycles. The van der Waals surface area contributed by atoms with Crippen LogP contribution in [0.15, 0.2) is 23.0 Å². The van der Waals surface area contributed by atoms with Crippen LogP contribution in [-0.2, 0) is 12.8 Å². The number of nitrogens with one attached hydrogen (secondary N) is 3. The summed E-state index contributed by atoms with van der Waals surface area (Å²) in [6, 6.07) is 5.29. The van der Waals surface area contributed by atoms with Crippen molar-refractivity contribution in [3.8, 4) is 17.0 Å². The van der Waals surface area contributed by atoms with E-state index in [-0.39, 0.29) is 17.9 Å². The van der Waals surface area contributed by atoms with Crippen LogP contribution >= 0.6 is 0 Å². The molecule has 1 aromatic carbocycles. The van der Waals surface area contributed by atoms with Gasteiger partial charge >= 0.3 is 5.97 Å². The SMILES string of the molecule is CCc1c(-c2ccc3[nH]c(CCNC(C)C)c(F)c3c2)[nH]c(=O)c(C(=O)O)c1O. The summed E-state index contributed by atoms with van der Waals surface area (Å²) in [5.74, 6) is -2.43. The summed E-state index contributed by atoms with van der Waals surface area (Å²) in [5, 5.41) is 23.1. The average molecular weight is 401 g/mol. The summed E-state index contributed by atoms with van der Waals surface area (Å²) in [7, 11) is 0. The van der Waals surface area contributed by atoms with Gasteiger partial charge in [0, 0.05) is 35.5 Å². The predicted molar refractivity (Wildman–Crippen MR) is 109 cm³/mol. The van der Waals surface area contributed by atoms with Crippen LogP contribution in [0.1, 0.15) is 42.4 Å². The number of H-pyrrole nitrogens is 2. The molecule has 8 heteroatoms. The largest absolute Gasteiger partial charge is 0.506 e. The number of carboxylic acid groups (broad SMARTS) is 1. The zero-order valence-corrected chi connectivity index (χ0v) is 16.5. The van der Waals surface area contributed by atoms with Gasteiger partial charge in [-0.1, -0.05) is 26.8 Å². The van der Waals surface area contributed by atoms with Gasteiger partial charge in [-0.2, -0.15) is 0 Å². The summed E-state index contributed by atoms with van der Waals surface area (Å²) >= 11 is 0. The first-order valence-electron chi connectivity index (χ1n) is 9.49. The normalized spacial score (nSPS) is 11.5. The van der Waals surface area contributed by atoms with E-state index in [9.17, 15) is 24.2 Å². The van der Waals surface area contributed by atoms with E-state index in [1.807, 2.05) is 13.8 Å². The fourth-order valence-corrected chi connectivity index (χ4v) is 3.45. The van der Waals surface area contributed by atoms with Crippen LogP contribution in [0.25, 0.3) is 22.2 Å². The number of hydrogen-bond donors (Lipinski definition) is 5. The van der Waals surface area contributed by atoms with E-state index < -0.39 is 22.8 Å². The maximum atomic E-state index is 14.9. The van der Waals surface area contributed by atoms with Gasteiger partial charge < -0.3 is 25.5 Å². The van der Waals surface area contributed by atoms with E-state index in [0.29, 0.717) is 46.7 Å². The minimum absolute atomic E-state index is 0.283. The lowest BCUT2D eigenvalue weighted by Crippen LogP contribution is -2.25. The van der Waals surface area contributed by atoms with E-state index in [4.69, 9.17) is 0 Å². The number of rotatable bonds is 7. The molecule has 154 valence electrons. The number of aromatic nitrogens is 2. The number of fused-ring (bicyclic) bond motifs is 1. The first kappa shape index (κ1) is 20.6. The molecule has 3 rings (SSSR count). The van der Waals surface area contributed by atoms with Crippen LogP contribution in [0.4, 0.5) is 4.39 Å². The molecule has 0 spiro atoms.